The van der Waals surface area contributed by atoms with Crippen molar-refractivity contribution in [1.82, 2.24) is 9.38 Å². The Bertz CT molecular complexity index is 1080. The van der Waals surface area contributed by atoms with Gasteiger partial charge in [-0.1, -0.05) is 23.5 Å². The Labute approximate surface area is 149 Å². The van der Waals surface area contributed by atoms with Crippen LogP contribution in [0.4, 0.5) is 5.69 Å². The molecule has 4 rings (SSSR count). The molecule has 2 aromatic heterocycles. The van der Waals surface area contributed by atoms with E-state index in [1.54, 1.807) is 37.3 Å². The number of rotatable bonds is 3. The number of thiazole rings is 1. The average molecular weight is 351 g/mol. The van der Waals surface area contributed by atoms with Gasteiger partial charge >= 0.3 is 0 Å². The third kappa shape index (κ3) is 2.64. The van der Waals surface area contributed by atoms with E-state index in [-0.39, 0.29) is 5.91 Å². The summed E-state index contributed by atoms with van der Waals surface area (Å²) >= 11 is 1.65. The number of hydrogen-bond donors (Lipinski definition) is 0. The Morgan fingerprint density at radius 3 is 2.64 bits per heavy atom. The standard InChI is InChI=1S/C19H17N3O2S/c1-12(23)21(2)14-6-4-13(5-7-14)16-11-22-17-10-15(24-3)8-9-18(17)25-19(22)20-16/h4-11H,1-3H3. The average Bonchev–Trinajstić information content (AvgIpc) is 3.18. The van der Waals surface area contributed by atoms with Gasteiger partial charge in [0, 0.05) is 37.5 Å². The molecule has 2 aromatic carbocycles. The minimum absolute atomic E-state index is 0.00988. The Morgan fingerprint density at radius 1 is 1.20 bits per heavy atom. The molecule has 0 saturated heterocycles. The molecule has 126 valence electrons. The quantitative estimate of drug-likeness (QED) is 0.555. The minimum Gasteiger partial charge on any atom is -0.497 e. The lowest BCUT2D eigenvalue weighted by Crippen LogP contribution is -2.22. The Hall–Kier alpha value is -2.86. The second-order valence-electron chi connectivity index (χ2n) is 5.84. The number of benzene rings is 2. The van der Waals surface area contributed by atoms with Gasteiger partial charge in [0.15, 0.2) is 4.96 Å². The molecule has 0 aliphatic carbocycles. The number of ether oxygens (including phenoxy) is 1. The van der Waals surface area contributed by atoms with E-state index in [1.165, 1.54) is 4.70 Å². The van der Waals surface area contributed by atoms with Crippen molar-refractivity contribution in [2.45, 2.75) is 6.92 Å². The molecule has 0 spiro atoms. The van der Waals surface area contributed by atoms with E-state index in [0.29, 0.717) is 0 Å². The number of anilines is 1. The van der Waals surface area contributed by atoms with Crippen LogP contribution in [0.25, 0.3) is 26.4 Å². The Kier molecular flexibility index (Phi) is 3.69. The summed E-state index contributed by atoms with van der Waals surface area (Å²) in [6.07, 6.45) is 2.04. The summed E-state index contributed by atoms with van der Waals surface area (Å²) in [5.74, 6) is 0.842. The predicted octanol–water partition coefficient (Wildman–Crippen LogP) is 4.21. The largest absolute Gasteiger partial charge is 0.497 e. The van der Waals surface area contributed by atoms with E-state index in [9.17, 15) is 4.79 Å². The van der Waals surface area contributed by atoms with Crippen LogP contribution < -0.4 is 9.64 Å². The van der Waals surface area contributed by atoms with Crippen LogP contribution in [-0.4, -0.2) is 29.4 Å². The molecule has 0 saturated carbocycles. The zero-order valence-corrected chi connectivity index (χ0v) is 15.0. The summed E-state index contributed by atoms with van der Waals surface area (Å²) in [6.45, 7) is 1.55. The van der Waals surface area contributed by atoms with E-state index in [1.807, 2.05) is 42.6 Å². The molecule has 4 aromatic rings. The van der Waals surface area contributed by atoms with E-state index in [2.05, 4.69) is 10.5 Å². The highest BCUT2D eigenvalue weighted by molar-refractivity contribution is 7.23. The molecule has 5 nitrogen and oxygen atoms in total. The Balaban J connectivity index is 1.75. The van der Waals surface area contributed by atoms with Crippen LogP contribution in [-0.2, 0) is 4.79 Å². The van der Waals surface area contributed by atoms with Gasteiger partial charge in [-0.3, -0.25) is 9.20 Å². The smallest absolute Gasteiger partial charge is 0.223 e. The number of nitrogens with zero attached hydrogens (tertiary/aromatic N) is 3. The summed E-state index contributed by atoms with van der Waals surface area (Å²) in [7, 11) is 3.44. The van der Waals surface area contributed by atoms with Crippen molar-refractivity contribution in [2.24, 2.45) is 0 Å². The van der Waals surface area contributed by atoms with Crippen LogP contribution in [0.1, 0.15) is 6.92 Å². The topological polar surface area (TPSA) is 46.8 Å². The predicted molar refractivity (Wildman–Crippen MR) is 102 cm³/mol. The first-order chi connectivity index (χ1) is 12.1. The van der Waals surface area contributed by atoms with Gasteiger partial charge in [-0.25, -0.2) is 4.98 Å². The van der Waals surface area contributed by atoms with Crippen molar-refractivity contribution < 1.29 is 9.53 Å². The fourth-order valence-corrected chi connectivity index (χ4v) is 3.77. The molecule has 0 aliphatic rings. The number of imidazole rings is 1. The fourth-order valence-electron chi connectivity index (χ4n) is 2.78. The van der Waals surface area contributed by atoms with Gasteiger partial charge in [0.05, 0.1) is 23.0 Å². The molecule has 0 bridgehead atoms. The Morgan fingerprint density at radius 2 is 1.96 bits per heavy atom. The lowest BCUT2D eigenvalue weighted by molar-refractivity contribution is -0.116. The summed E-state index contributed by atoms with van der Waals surface area (Å²) in [5, 5.41) is 0. The molecule has 6 heteroatoms. The third-order valence-corrected chi connectivity index (χ3v) is 5.36. The van der Waals surface area contributed by atoms with E-state index in [4.69, 9.17) is 9.72 Å². The second kappa shape index (κ2) is 5.89. The van der Waals surface area contributed by atoms with Crippen molar-refractivity contribution in [1.29, 1.82) is 0 Å². The van der Waals surface area contributed by atoms with Gasteiger partial charge in [0.2, 0.25) is 5.91 Å². The fraction of sp³-hybridized carbons (Fsp3) is 0.158. The minimum atomic E-state index is 0.00988. The van der Waals surface area contributed by atoms with Crippen LogP contribution in [0.3, 0.4) is 0 Å². The maximum absolute atomic E-state index is 11.5. The third-order valence-electron chi connectivity index (χ3n) is 4.32. The zero-order chi connectivity index (χ0) is 17.6. The molecule has 2 heterocycles. The molecule has 1 amide bonds. The van der Waals surface area contributed by atoms with Crippen LogP contribution in [0, 0.1) is 0 Å². The highest BCUT2D eigenvalue weighted by atomic mass is 32.1. The first kappa shape index (κ1) is 15.7. The molecule has 25 heavy (non-hydrogen) atoms. The van der Waals surface area contributed by atoms with E-state index in [0.717, 1.165) is 33.2 Å². The molecule has 0 aliphatic heterocycles. The van der Waals surface area contributed by atoms with Gasteiger partial charge in [-0.05, 0) is 24.3 Å². The van der Waals surface area contributed by atoms with Gasteiger partial charge < -0.3 is 9.64 Å². The van der Waals surface area contributed by atoms with Gasteiger partial charge in [0.1, 0.15) is 5.75 Å². The first-order valence-corrected chi connectivity index (χ1v) is 8.69. The lowest BCUT2D eigenvalue weighted by Gasteiger charge is -2.14. The number of carbonyl (C=O) groups is 1. The summed E-state index contributed by atoms with van der Waals surface area (Å²) < 4.78 is 8.59. The number of aromatic nitrogens is 2. The highest BCUT2D eigenvalue weighted by Gasteiger charge is 2.12. The molecule has 0 atom stereocenters. The maximum atomic E-state index is 11.5. The number of carbonyl (C=O) groups excluding carboxylic acids is 1. The summed E-state index contributed by atoms with van der Waals surface area (Å²) in [6, 6.07) is 13.9. The van der Waals surface area contributed by atoms with Crippen LogP contribution >= 0.6 is 11.3 Å². The number of methoxy groups -OCH3 is 1. The summed E-state index contributed by atoms with van der Waals surface area (Å²) in [4.78, 5) is 18.8. The number of amides is 1. The number of hydrogen-bond acceptors (Lipinski definition) is 4. The first-order valence-electron chi connectivity index (χ1n) is 7.87. The van der Waals surface area contributed by atoms with Crippen molar-refractivity contribution in [2.75, 3.05) is 19.1 Å². The van der Waals surface area contributed by atoms with Crippen molar-refractivity contribution >= 4 is 38.1 Å². The van der Waals surface area contributed by atoms with Crippen LogP contribution in [0.2, 0.25) is 0 Å². The molecule has 0 radical (unpaired) electrons. The zero-order valence-electron chi connectivity index (χ0n) is 14.2. The number of fused-ring (bicyclic) bond motifs is 3. The van der Waals surface area contributed by atoms with Gasteiger partial charge in [-0.2, -0.15) is 0 Å². The normalized spacial score (nSPS) is 11.2. The van der Waals surface area contributed by atoms with Crippen LogP contribution in [0.15, 0.2) is 48.7 Å². The van der Waals surface area contributed by atoms with Crippen molar-refractivity contribution in [3.8, 4) is 17.0 Å². The second-order valence-corrected chi connectivity index (χ2v) is 6.85. The maximum Gasteiger partial charge on any atom is 0.223 e. The van der Waals surface area contributed by atoms with Gasteiger partial charge in [-0.15, -0.1) is 0 Å². The highest BCUT2D eigenvalue weighted by Crippen LogP contribution is 2.32. The molecule has 0 N–H and O–H groups in total. The lowest BCUT2D eigenvalue weighted by atomic mass is 10.1. The van der Waals surface area contributed by atoms with E-state index < -0.39 is 0 Å². The molecule has 0 unspecified atom stereocenters. The van der Waals surface area contributed by atoms with E-state index >= 15 is 0 Å². The van der Waals surface area contributed by atoms with Crippen molar-refractivity contribution in [3.63, 3.8) is 0 Å². The van der Waals surface area contributed by atoms with Crippen molar-refractivity contribution in [3.05, 3.63) is 48.7 Å². The molecular weight excluding hydrogens is 334 g/mol. The molecular formula is C19H17N3O2S. The monoisotopic (exact) mass is 351 g/mol. The molecule has 0 fully saturated rings. The van der Waals surface area contributed by atoms with Crippen LogP contribution in [0.5, 0.6) is 5.75 Å². The summed E-state index contributed by atoms with van der Waals surface area (Å²) in [5.41, 5.74) is 3.89. The van der Waals surface area contributed by atoms with Gasteiger partial charge in [0.25, 0.3) is 0 Å². The SMILES string of the molecule is COc1ccc2sc3nc(-c4ccc(N(C)C(C)=O)cc4)cn3c2c1.